The number of amides is 1. The fraction of sp³-hybridized carbons (Fsp3) is 0.360. The molecule has 7 heteroatoms. The van der Waals surface area contributed by atoms with E-state index in [4.69, 9.17) is 21.1 Å². The summed E-state index contributed by atoms with van der Waals surface area (Å²) in [5.74, 6) is -0.724. The molecule has 0 N–H and O–H groups in total. The number of aromatic nitrogens is 1. The summed E-state index contributed by atoms with van der Waals surface area (Å²) in [5, 5.41) is 0.638. The molecule has 1 saturated heterocycles. The summed E-state index contributed by atoms with van der Waals surface area (Å²) in [5.41, 5.74) is 4.86. The number of carbonyl (C=O) groups is 2. The maximum absolute atomic E-state index is 13.4. The van der Waals surface area contributed by atoms with Crippen molar-refractivity contribution in [3.8, 4) is 5.69 Å². The van der Waals surface area contributed by atoms with E-state index in [9.17, 15) is 9.59 Å². The van der Waals surface area contributed by atoms with Gasteiger partial charge in [-0.3, -0.25) is 4.79 Å². The lowest BCUT2D eigenvalue weighted by Crippen LogP contribution is -2.33. The third-order valence-electron chi connectivity index (χ3n) is 6.17. The van der Waals surface area contributed by atoms with Crippen LogP contribution >= 0.6 is 11.6 Å². The van der Waals surface area contributed by atoms with Crippen LogP contribution in [0.2, 0.25) is 5.02 Å². The summed E-state index contributed by atoms with van der Waals surface area (Å²) in [6.07, 6.45) is 3.65. The number of halogens is 1. The molecule has 2 aromatic rings. The third kappa shape index (κ3) is 3.89. The molecule has 0 aliphatic carbocycles. The minimum Gasteiger partial charge on any atom is -0.465 e. The Balaban J connectivity index is 1.77. The van der Waals surface area contributed by atoms with E-state index in [2.05, 4.69) is 0 Å². The minimum atomic E-state index is -0.517. The highest BCUT2D eigenvalue weighted by molar-refractivity contribution is 6.32. The molecule has 1 amide bonds. The Kier molecular flexibility index (Phi) is 6.26. The molecule has 0 radical (unpaired) electrons. The molecule has 2 aliphatic heterocycles. The fourth-order valence-electron chi connectivity index (χ4n) is 4.53. The molecule has 0 spiro atoms. The van der Waals surface area contributed by atoms with Crippen molar-refractivity contribution in [3.63, 3.8) is 0 Å². The summed E-state index contributed by atoms with van der Waals surface area (Å²) in [6.45, 7) is 6.88. The van der Waals surface area contributed by atoms with Crippen LogP contribution in [0.1, 0.15) is 36.7 Å². The maximum atomic E-state index is 13.4. The van der Waals surface area contributed by atoms with E-state index >= 15 is 0 Å². The monoisotopic (exact) mass is 454 g/mol. The van der Waals surface area contributed by atoms with Gasteiger partial charge in [-0.05, 0) is 63.5 Å². The summed E-state index contributed by atoms with van der Waals surface area (Å²) < 4.78 is 12.8. The lowest BCUT2D eigenvalue weighted by Gasteiger charge is -2.21. The Morgan fingerprint density at radius 2 is 2.03 bits per heavy atom. The van der Waals surface area contributed by atoms with Crippen molar-refractivity contribution in [2.75, 3.05) is 20.3 Å². The number of hydrogen-bond donors (Lipinski definition) is 0. The van der Waals surface area contributed by atoms with Crippen LogP contribution in [0, 0.1) is 13.8 Å². The zero-order valence-electron chi connectivity index (χ0n) is 18.8. The lowest BCUT2D eigenvalue weighted by molar-refractivity contribution is -0.136. The predicted molar refractivity (Wildman–Crippen MR) is 124 cm³/mol. The average Bonchev–Trinajstić information content (AvgIpc) is 3.44. The van der Waals surface area contributed by atoms with E-state index in [1.54, 1.807) is 17.9 Å². The minimum absolute atomic E-state index is 0.0163. The van der Waals surface area contributed by atoms with Crippen molar-refractivity contribution in [2.45, 2.75) is 39.7 Å². The van der Waals surface area contributed by atoms with Gasteiger partial charge in [-0.2, -0.15) is 0 Å². The highest BCUT2D eigenvalue weighted by Gasteiger charge is 2.38. The Hall–Kier alpha value is -2.83. The molecule has 6 nitrogen and oxygen atoms in total. The van der Waals surface area contributed by atoms with Crippen LogP contribution in [-0.2, 0) is 19.1 Å². The van der Waals surface area contributed by atoms with E-state index in [-0.39, 0.29) is 12.0 Å². The van der Waals surface area contributed by atoms with Crippen LogP contribution < -0.4 is 0 Å². The molecule has 1 aromatic carbocycles. The Morgan fingerprint density at radius 1 is 1.28 bits per heavy atom. The Labute approximate surface area is 193 Å². The standard InChI is InChI=1S/C25H27ClN2O4/c1-15-12-18(16(2)28(15)22-10-6-5-9-21(22)26)13-20-23(25(30)31-4)17(3)27(24(20)29)14-19-8-7-11-32-19/h5-6,9-10,12-13,19H,7-8,11,14H2,1-4H3/b20-13-. The van der Waals surface area contributed by atoms with E-state index in [0.717, 1.165) is 35.5 Å². The van der Waals surface area contributed by atoms with Gasteiger partial charge in [0.05, 0.1) is 41.6 Å². The first-order valence-electron chi connectivity index (χ1n) is 10.7. The molecule has 1 fully saturated rings. The average molecular weight is 455 g/mol. The van der Waals surface area contributed by atoms with Crippen LogP contribution in [0.3, 0.4) is 0 Å². The number of aryl methyl sites for hydroxylation is 1. The molecule has 1 aromatic heterocycles. The second-order valence-corrected chi connectivity index (χ2v) is 8.58. The van der Waals surface area contributed by atoms with Crippen LogP contribution in [-0.4, -0.2) is 47.7 Å². The molecule has 32 heavy (non-hydrogen) atoms. The van der Waals surface area contributed by atoms with Crippen LogP contribution in [0.15, 0.2) is 47.2 Å². The topological polar surface area (TPSA) is 60.8 Å². The first kappa shape index (κ1) is 22.4. The second-order valence-electron chi connectivity index (χ2n) is 8.17. The van der Waals surface area contributed by atoms with E-state index in [1.165, 1.54) is 7.11 Å². The number of methoxy groups -OCH3 is 1. The SMILES string of the molecule is COC(=O)C1=C(C)N(CC2CCCO2)C(=O)/C1=C\c1cc(C)n(-c2ccccc2Cl)c1C. The number of para-hydroxylation sites is 1. The Bertz CT molecular complexity index is 1140. The van der Waals surface area contributed by atoms with Gasteiger partial charge in [-0.1, -0.05) is 23.7 Å². The zero-order chi connectivity index (χ0) is 23.0. The van der Waals surface area contributed by atoms with Crippen LogP contribution in [0.5, 0.6) is 0 Å². The number of nitrogens with zero attached hydrogens (tertiary/aromatic N) is 2. The number of ether oxygens (including phenoxy) is 2. The van der Waals surface area contributed by atoms with Gasteiger partial charge in [0.1, 0.15) is 0 Å². The normalized spacial score (nSPS) is 20.0. The van der Waals surface area contributed by atoms with Crippen LogP contribution in [0.4, 0.5) is 0 Å². The van der Waals surface area contributed by atoms with Gasteiger partial charge < -0.3 is 18.9 Å². The second kappa shape index (κ2) is 8.96. The van der Waals surface area contributed by atoms with Gasteiger partial charge in [0.15, 0.2) is 0 Å². The largest absolute Gasteiger partial charge is 0.465 e. The molecular weight excluding hydrogens is 428 g/mol. The molecule has 2 aliphatic rings. The molecule has 1 unspecified atom stereocenters. The van der Waals surface area contributed by atoms with Crippen LogP contribution in [0.25, 0.3) is 11.8 Å². The smallest absolute Gasteiger partial charge is 0.340 e. The van der Waals surface area contributed by atoms with Gasteiger partial charge in [0.2, 0.25) is 0 Å². The first-order chi connectivity index (χ1) is 15.3. The maximum Gasteiger partial charge on any atom is 0.340 e. The van der Waals surface area contributed by atoms with Gasteiger partial charge in [-0.15, -0.1) is 0 Å². The molecule has 1 atom stereocenters. The number of rotatable bonds is 5. The van der Waals surface area contributed by atoms with Gasteiger partial charge >= 0.3 is 5.97 Å². The molecular formula is C25H27ClN2O4. The first-order valence-corrected chi connectivity index (χ1v) is 11.1. The van der Waals surface area contributed by atoms with Crippen molar-refractivity contribution in [1.29, 1.82) is 0 Å². The van der Waals surface area contributed by atoms with Crippen molar-refractivity contribution >= 4 is 29.6 Å². The van der Waals surface area contributed by atoms with Gasteiger partial charge in [0, 0.05) is 23.7 Å². The lowest BCUT2D eigenvalue weighted by atomic mass is 10.0. The molecule has 0 saturated carbocycles. The van der Waals surface area contributed by atoms with Crippen molar-refractivity contribution in [3.05, 3.63) is 69.1 Å². The molecule has 0 bridgehead atoms. The number of carbonyl (C=O) groups excluding carboxylic acids is 2. The number of esters is 1. The van der Waals surface area contributed by atoms with Gasteiger partial charge in [0.25, 0.3) is 5.91 Å². The Morgan fingerprint density at radius 3 is 2.69 bits per heavy atom. The third-order valence-corrected chi connectivity index (χ3v) is 6.49. The van der Waals surface area contributed by atoms with Crippen molar-refractivity contribution in [1.82, 2.24) is 9.47 Å². The number of hydrogen-bond acceptors (Lipinski definition) is 4. The highest BCUT2D eigenvalue weighted by atomic mass is 35.5. The predicted octanol–water partition coefficient (Wildman–Crippen LogP) is 4.60. The van der Waals surface area contributed by atoms with E-state index in [1.807, 2.05) is 48.7 Å². The zero-order valence-corrected chi connectivity index (χ0v) is 19.5. The van der Waals surface area contributed by atoms with Crippen molar-refractivity contribution < 1.29 is 19.1 Å². The molecule has 4 rings (SSSR count). The summed E-state index contributed by atoms with van der Waals surface area (Å²) in [6, 6.07) is 9.61. The highest BCUT2D eigenvalue weighted by Crippen LogP contribution is 2.34. The quantitative estimate of drug-likeness (QED) is 0.489. The number of allylic oxidation sites excluding steroid dienone is 1. The fourth-order valence-corrected chi connectivity index (χ4v) is 4.75. The molecule has 3 heterocycles. The van der Waals surface area contributed by atoms with E-state index in [0.29, 0.717) is 35.0 Å². The number of benzene rings is 1. The van der Waals surface area contributed by atoms with Gasteiger partial charge in [-0.25, -0.2) is 4.79 Å². The summed E-state index contributed by atoms with van der Waals surface area (Å²) in [4.78, 5) is 27.7. The summed E-state index contributed by atoms with van der Waals surface area (Å²) >= 11 is 6.43. The van der Waals surface area contributed by atoms with E-state index < -0.39 is 5.97 Å². The van der Waals surface area contributed by atoms with Crippen molar-refractivity contribution in [2.24, 2.45) is 0 Å². The molecule has 168 valence electrons. The summed E-state index contributed by atoms with van der Waals surface area (Å²) in [7, 11) is 1.33.